The molecule has 1 aromatic heterocycles. The minimum atomic E-state index is -0.0567. The number of amides is 1. The predicted octanol–water partition coefficient (Wildman–Crippen LogP) is 3.24. The van der Waals surface area contributed by atoms with E-state index in [9.17, 15) is 4.79 Å². The third kappa shape index (κ3) is 4.65. The van der Waals surface area contributed by atoms with Crippen molar-refractivity contribution in [1.29, 1.82) is 0 Å². The fourth-order valence-corrected chi connectivity index (χ4v) is 3.23. The molecule has 0 bridgehead atoms. The minimum Gasteiger partial charge on any atom is -0.346 e. The van der Waals surface area contributed by atoms with Crippen molar-refractivity contribution < 1.29 is 4.79 Å². The molecule has 126 valence electrons. The van der Waals surface area contributed by atoms with Crippen molar-refractivity contribution in [2.24, 2.45) is 5.92 Å². The van der Waals surface area contributed by atoms with E-state index in [1.54, 1.807) is 6.20 Å². The fraction of sp³-hybridized carbons (Fsp3) is 0.400. The van der Waals surface area contributed by atoms with E-state index in [1.807, 2.05) is 30.3 Å². The maximum Gasteiger partial charge on any atom is 0.251 e. The van der Waals surface area contributed by atoms with Gasteiger partial charge in [0.1, 0.15) is 0 Å². The summed E-state index contributed by atoms with van der Waals surface area (Å²) in [5.41, 5.74) is 2.83. The SMILES string of the molecule is C[C@@H]1CCCN(Cc2ccc(C(=O)NCc3ccccn3)cc2)C1. The first-order valence-corrected chi connectivity index (χ1v) is 8.70. The van der Waals surface area contributed by atoms with Crippen molar-refractivity contribution >= 4 is 5.91 Å². The van der Waals surface area contributed by atoms with Crippen LogP contribution in [-0.4, -0.2) is 28.9 Å². The van der Waals surface area contributed by atoms with Crippen LogP contribution < -0.4 is 5.32 Å². The lowest BCUT2D eigenvalue weighted by Gasteiger charge is -2.30. The van der Waals surface area contributed by atoms with Gasteiger partial charge >= 0.3 is 0 Å². The molecule has 0 aliphatic carbocycles. The van der Waals surface area contributed by atoms with Gasteiger partial charge < -0.3 is 5.32 Å². The molecule has 1 N–H and O–H groups in total. The molecule has 1 saturated heterocycles. The molecule has 1 aromatic carbocycles. The Morgan fingerprint density at radius 1 is 1.25 bits per heavy atom. The van der Waals surface area contributed by atoms with Crippen LogP contribution in [0.1, 0.15) is 41.4 Å². The van der Waals surface area contributed by atoms with E-state index in [1.165, 1.54) is 31.5 Å². The van der Waals surface area contributed by atoms with Crippen molar-refractivity contribution in [2.45, 2.75) is 32.9 Å². The van der Waals surface area contributed by atoms with Crippen molar-refractivity contribution in [3.63, 3.8) is 0 Å². The number of hydrogen-bond donors (Lipinski definition) is 1. The predicted molar refractivity (Wildman–Crippen MR) is 95.5 cm³/mol. The molecule has 1 aliphatic rings. The Morgan fingerprint density at radius 2 is 2.08 bits per heavy atom. The van der Waals surface area contributed by atoms with E-state index in [4.69, 9.17) is 0 Å². The summed E-state index contributed by atoms with van der Waals surface area (Å²) in [5.74, 6) is 0.731. The summed E-state index contributed by atoms with van der Waals surface area (Å²) in [6.45, 7) is 6.09. The van der Waals surface area contributed by atoms with Gasteiger partial charge in [0.25, 0.3) is 5.91 Å². The first-order chi connectivity index (χ1) is 11.7. The van der Waals surface area contributed by atoms with E-state index >= 15 is 0 Å². The van der Waals surface area contributed by atoms with Crippen LogP contribution in [0.5, 0.6) is 0 Å². The molecular weight excluding hydrogens is 298 g/mol. The lowest BCUT2D eigenvalue weighted by Crippen LogP contribution is -2.33. The van der Waals surface area contributed by atoms with Gasteiger partial charge in [-0.1, -0.05) is 25.1 Å². The third-order valence-corrected chi connectivity index (χ3v) is 4.52. The summed E-state index contributed by atoms with van der Waals surface area (Å²) < 4.78 is 0. The molecule has 0 spiro atoms. The maximum absolute atomic E-state index is 12.2. The third-order valence-electron chi connectivity index (χ3n) is 4.52. The number of carbonyl (C=O) groups is 1. The van der Waals surface area contributed by atoms with Crippen LogP contribution in [0.3, 0.4) is 0 Å². The van der Waals surface area contributed by atoms with Crippen LogP contribution >= 0.6 is 0 Å². The van der Waals surface area contributed by atoms with E-state index < -0.39 is 0 Å². The highest BCUT2D eigenvalue weighted by atomic mass is 16.1. The summed E-state index contributed by atoms with van der Waals surface area (Å²) in [5, 5.41) is 2.91. The van der Waals surface area contributed by atoms with Gasteiger partial charge in [-0.3, -0.25) is 14.7 Å². The summed E-state index contributed by atoms with van der Waals surface area (Å²) in [6.07, 6.45) is 4.36. The Labute approximate surface area is 143 Å². The van der Waals surface area contributed by atoms with Crippen LogP contribution in [0.2, 0.25) is 0 Å². The molecule has 24 heavy (non-hydrogen) atoms. The number of nitrogens with zero attached hydrogens (tertiary/aromatic N) is 2. The number of pyridine rings is 1. The zero-order valence-corrected chi connectivity index (χ0v) is 14.2. The largest absolute Gasteiger partial charge is 0.346 e. The molecule has 0 saturated carbocycles. The highest BCUT2D eigenvalue weighted by molar-refractivity contribution is 5.94. The van der Waals surface area contributed by atoms with Gasteiger partial charge in [-0.15, -0.1) is 0 Å². The van der Waals surface area contributed by atoms with Gasteiger partial charge in [-0.05, 0) is 55.1 Å². The number of piperidine rings is 1. The molecule has 0 unspecified atom stereocenters. The molecule has 2 heterocycles. The summed E-state index contributed by atoms with van der Waals surface area (Å²) in [4.78, 5) is 18.9. The van der Waals surface area contributed by atoms with E-state index in [2.05, 4.69) is 34.3 Å². The van der Waals surface area contributed by atoms with E-state index in [0.29, 0.717) is 12.1 Å². The Hall–Kier alpha value is -2.20. The molecule has 1 fully saturated rings. The van der Waals surface area contributed by atoms with Gasteiger partial charge in [0.05, 0.1) is 12.2 Å². The van der Waals surface area contributed by atoms with Crippen molar-refractivity contribution in [2.75, 3.05) is 13.1 Å². The Bertz CT molecular complexity index is 654. The normalized spacial score (nSPS) is 18.3. The van der Waals surface area contributed by atoms with Crippen molar-refractivity contribution in [3.05, 3.63) is 65.5 Å². The quantitative estimate of drug-likeness (QED) is 0.919. The number of carbonyl (C=O) groups excluding carboxylic acids is 1. The molecular formula is C20H25N3O. The number of benzene rings is 1. The zero-order chi connectivity index (χ0) is 16.8. The van der Waals surface area contributed by atoms with Crippen LogP contribution in [0.4, 0.5) is 0 Å². The van der Waals surface area contributed by atoms with Gasteiger partial charge in [-0.2, -0.15) is 0 Å². The number of hydrogen-bond acceptors (Lipinski definition) is 3. The van der Waals surface area contributed by atoms with Gasteiger partial charge in [0, 0.05) is 24.8 Å². The smallest absolute Gasteiger partial charge is 0.251 e. The highest BCUT2D eigenvalue weighted by Crippen LogP contribution is 2.18. The monoisotopic (exact) mass is 323 g/mol. The highest BCUT2D eigenvalue weighted by Gasteiger charge is 2.16. The molecule has 4 heteroatoms. The molecule has 0 radical (unpaired) electrons. The second-order valence-corrected chi connectivity index (χ2v) is 6.68. The first-order valence-electron chi connectivity index (χ1n) is 8.70. The number of nitrogens with one attached hydrogen (secondary N) is 1. The lowest BCUT2D eigenvalue weighted by molar-refractivity contribution is 0.0950. The summed E-state index contributed by atoms with van der Waals surface area (Å²) in [6, 6.07) is 13.7. The van der Waals surface area contributed by atoms with Gasteiger partial charge in [0.2, 0.25) is 0 Å². The molecule has 1 amide bonds. The van der Waals surface area contributed by atoms with Crippen LogP contribution in [0.15, 0.2) is 48.7 Å². The fourth-order valence-electron chi connectivity index (χ4n) is 3.23. The second-order valence-electron chi connectivity index (χ2n) is 6.68. The minimum absolute atomic E-state index is 0.0567. The summed E-state index contributed by atoms with van der Waals surface area (Å²) in [7, 11) is 0. The molecule has 3 rings (SSSR count). The maximum atomic E-state index is 12.2. The van der Waals surface area contributed by atoms with Crippen molar-refractivity contribution in [3.8, 4) is 0 Å². The van der Waals surface area contributed by atoms with Crippen molar-refractivity contribution in [1.82, 2.24) is 15.2 Å². The molecule has 2 aromatic rings. The number of likely N-dealkylation sites (tertiary alicyclic amines) is 1. The zero-order valence-electron chi connectivity index (χ0n) is 14.2. The topological polar surface area (TPSA) is 45.2 Å². The van der Waals surface area contributed by atoms with E-state index in [0.717, 1.165) is 18.2 Å². The number of aromatic nitrogens is 1. The van der Waals surface area contributed by atoms with Crippen LogP contribution in [-0.2, 0) is 13.1 Å². The standard InChI is InChI=1S/C20H25N3O/c1-16-5-4-12-23(14-16)15-17-7-9-18(10-8-17)20(24)22-13-19-6-2-3-11-21-19/h2-3,6-11,16H,4-5,12-15H2,1H3,(H,22,24)/t16-/m1/s1. The van der Waals surface area contributed by atoms with Gasteiger partial charge in [0.15, 0.2) is 0 Å². The second kappa shape index (κ2) is 8.06. The molecule has 1 atom stereocenters. The Kier molecular flexibility index (Phi) is 5.59. The van der Waals surface area contributed by atoms with E-state index in [-0.39, 0.29) is 5.91 Å². The Morgan fingerprint density at radius 3 is 2.79 bits per heavy atom. The average molecular weight is 323 g/mol. The molecule has 4 nitrogen and oxygen atoms in total. The molecule has 1 aliphatic heterocycles. The Balaban J connectivity index is 1.52. The lowest BCUT2D eigenvalue weighted by atomic mass is 9.99. The summed E-state index contributed by atoms with van der Waals surface area (Å²) >= 11 is 0. The number of rotatable bonds is 5. The van der Waals surface area contributed by atoms with Crippen LogP contribution in [0, 0.1) is 5.92 Å². The first kappa shape index (κ1) is 16.7. The average Bonchev–Trinajstić information content (AvgIpc) is 2.61. The van der Waals surface area contributed by atoms with Gasteiger partial charge in [-0.25, -0.2) is 0 Å². The van der Waals surface area contributed by atoms with Crippen LogP contribution in [0.25, 0.3) is 0 Å².